The molecule has 0 bridgehead atoms. The van der Waals surface area contributed by atoms with E-state index in [-0.39, 0.29) is 24.8 Å². The van der Waals surface area contributed by atoms with Gasteiger partial charge in [0.2, 0.25) is 5.78 Å². The molecule has 3 heterocycles. The van der Waals surface area contributed by atoms with Gasteiger partial charge in [-0.3, -0.25) is 4.40 Å². The van der Waals surface area contributed by atoms with E-state index in [0.29, 0.717) is 0 Å². The fraction of sp³-hybridized carbons (Fsp3) is 0.318. The van der Waals surface area contributed by atoms with Crippen LogP contribution < -0.4 is 0 Å². The zero-order valence-electron chi connectivity index (χ0n) is 16.1. The molecule has 0 amide bonds. The maximum absolute atomic E-state index is 5.01. The highest BCUT2D eigenvalue weighted by atomic mass is 79.9. The van der Waals surface area contributed by atoms with Crippen LogP contribution in [0.3, 0.4) is 0 Å². The third-order valence-corrected chi connectivity index (χ3v) is 6.12. The summed E-state index contributed by atoms with van der Waals surface area (Å²) in [5.41, 5.74) is 4.66. The summed E-state index contributed by atoms with van der Waals surface area (Å²) in [6.45, 7) is 4.53. The normalized spacial score (nSPS) is 14.7. The number of nitrogens with zero attached hydrogens (tertiary/aromatic N) is 4. The van der Waals surface area contributed by atoms with Gasteiger partial charge in [0.25, 0.3) is 0 Å². The van der Waals surface area contributed by atoms with Gasteiger partial charge in [-0.2, -0.15) is 0 Å². The molecule has 1 saturated heterocycles. The van der Waals surface area contributed by atoms with Gasteiger partial charge in [0.1, 0.15) is 0 Å². The first-order valence-corrected chi connectivity index (χ1v) is 10.5. The number of aromatic nitrogens is 3. The monoisotopic (exact) mass is 494 g/mol. The second-order valence-electron chi connectivity index (χ2n) is 7.35. The van der Waals surface area contributed by atoms with Crippen molar-refractivity contribution >= 4 is 57.6 Å². The van der Waals surface area contributed by atoms with Crippen LogP contribution >= 0.6 is 40.7 Å². The SMILES string of the molecule is Brc1ccc(-c2cn3c4ccccc4n(CCN4CCCCC4)c3n2)cc1.Cl.Cl. The number of imidazole rings is 2. The van der Waals surface area contributed by atoms with E-state index in [4.69, 9.17) is 4.98 Å². The molecule has 0 unspecified atom stereocenters. The Labute approximate surface area is 191 Å². The minimum atomic E-state index is 0. The van der Waals surface area contributed by atoms with Crippen molar-refractivity contribution in [3.8, 4) is 11.3 Å². The molecule has 1 fully saturated rings. The van der Waals surface area contributed by atoms with Crippen molar-refractivity contribution in [2.45, 2.75) is 25.8 Å². The smallest absolute Gasteiger partial charge is 0.215 e. The third kappa shape index (κ3) is 4.33. The molecule has 154 valence electrons. The maximum atomic E-state index is 5.01. The van der Waals surface area contributed by atoms with Crippen molar-refractivity contribution in [1.82, 2.24) is 18.9 Å². The average Bonchev–Trinajstić information content (AvgIpc) is 3.26. The van der Waals surface area contributed by atoms with Gasteiger partial charge in [-0.25, -0.2) is 4.98 Å². The Kier molecular flexibility index (Phi) is 7.28. The van der Waals surface area contributed by atoms with Crippen LogP contribution in [-0.4, -0.2) is 38.5 Å². The Morgan fingerprint density at radius 3 is 2.24 bits per heavy atom. The lowest BCUT2D eigenvalue weighted by Crippen LogP contribution is -2.32. The van der Waals surface area contributed by atoms with Crippen molar-refractivity contribution in [3.05, 3.63) is 59.2 Å². The molecule has 0 aliphatic carbocycles. The number of fused-ring (bicyclic) bond motifs is 3. The maximum Gasteiger partial charge on any atom is 0.215 e. The Hall–Kier alpha value is -1.53. The first-order chi connectivity index (χ1) is 13.3. The van der Waals surface area contributed by atoms with Gasteiger partial charge >= 0.3 is 0 Å². The molecule has 4 aromatic rings. The van der Waals surface area contributed by atoms with E-state index in [9.17, 15) is 0 Å². The summed E-state index contributed by atoms with van der Waals surface area (Å²) < 4.78 is 5.71. The van der Waals surface area contributed by atoms with Crippen molar-refractivity contribution in [3.63, 3.8) is 0 Å². The van der Waals surface area contributed by atoms with Crippen LogP contribution in [0.4, 0.5) is 0 Å². The van der Waals surface area contributed by atoms with Crippen LogP contribution in [0.5, 0.6) is 0 Å². The number of rotatable bonds is 4. The molecule has 1 aliphatic heterocycles. The summed E-state index contributed by atoms with van der Waals surface area (Å²) in [6, 6.07) is 17.0. The van der Waals surface area contributed by atoms with Crippen molar-refractivity contribution in [1.29, 1.82) is 0 Å². The fourth-order valence-electron chi connectivity index (χ4n) is 4.15. The van der Waals surface area contributed by atoms with Crippen LogP contribution in [0.2, 0.25) is 0 Å². The Morgan fingerprint density at radius 2 is 1.52 bits per heavy atom. The van der Waals surface area contributed by atoms with E-state index in [2.05, 4.69) is 84.5 Å². The molecular formula is C22H25BrCl2N4. The van der Waals surface area contributed by atoms with Gasteiger partial charge < -0.3 is 9.47 Å². The molecule has 4 nitrogen and oxygen atoms in total. The summed E-state index contributed by atoms with van der Waals surface area (Å²) in [6.07, 6.45) is 6.21. The molecular weight excluding hydrogens is 471 g/mol. The number of halogens is 3. The molecule has 2 aromatic carbocycles. The molecule has 1 aliphatic rings. The highest BCUT2D eigenvalue weighted by molar-refractivity contribution is 9.10. The quantitative estimate of drug-likeness (QED) is 0.344. The van der Waals surface area contributed by atoms with Crippen molar-refractivity contribution in [2.24, 2.45) is 0 Å². The van der Waals surface area contributed by atoms with E-state index in [0.717, 1.165) is 34.6 Å². The second kappa shape index (κ2) is 9.52. The molecule has 2 aromatic heterocycles. The number of hydrogen-bond acceptors (Lipinski definition) is 2. The molecule has 5 rings (SSSR count). The van der Waals surface area contributed by atoms with Crippen molar-refractivity contribution in [2.75, 3.05) is 19.6 Å². The molecule has 0 radical (unpaired) electrons. The minimum Gasteiger partial charge on any atom is -0.308 e. The molecule has 0 N–H and O–H groups in total. The minimum absolute atomic E-state index is 0. The van der Waals surface area contributed by atoms with Crippen LogP contribution in [0, 0.1) is 0 Å². The Morgan fingerprint density at radius 1 is 0.828 bits per heavy atom. The van der Waals surface area contributed by atoms with Gasteiger partial charge in [0.05, 0.1) is 16.7 Å². The summed E-state index contributed by atoms with van der Waals surface area (Å²) in [7, 11) is 0. The highest BCUT2D eigenvalue weighted by Gasteiger charge is 2.16. The Balaban J connectivity index is 0.00000120. The van der Waals surface area contributed by atoms with E-state index in [1.165, 1.54) is 43.4 Å². The predicted molar refractivity (Wildman–Crippen MR) is 129 cm³/mol. The topological polar surface area (TPSA) is 25.5 Å². The van der Waals surface area contributed by atoms with Gasteiger partial charge in [-0.15, -0.1) is 24.8 Å². The third-order valence-electron chi connectivity index (χ3n) is 5.59. The lowest BCUT2D eigenvalue weighted by molar-refractivity contribution is 0.222. The molecule has 29 heavy (non-hydrogen) atoms. The number of para-hydroxylation sites is 2. The first kappa shape index (κ1) is 22.2. The largest absolute Gasteiger partial charge is 0.308 e. The molecule has 0 atom stereocenters. The number of hydrogen-bond donors (Lipinski definition) is 0. The summed E-state index contributed by atoms with van der Waals surface area (Å²) in [5, 5.41) is 0. The molecule has 0 saturated carbocycles. The van der Waals surface area contributed by atoms with Crippen LogP contribution in [0.25, 0.3) is 28.1 Å². The Bertz CT molecular complexity index is 1080. The first-order valence-electron chi connectivity index (χ1n) is 9.74. The number of likely N-dealkylation sites (tertiary alicyclic amines) is 1. The van der Waals surface area contributed by atoms with Gasteiger partial charge in [0, 0.05) is 29.3 Å². The van der Waals surface area contributed by atoms with Crippen LogP contribution in [-0.2, 0) is 6.54 Å². The summed E-state index contributed by atoms with van der Waals surface area (Å²) in [4.78, 5) is 7.60. The van der Waals surface area contributed by atoms with E-state index in [1.54, 1.807) is 0 Å². The number of benzene rings is 2. The second-order valence-corrected chi connectivity index (χ2v) is 8.26. The highest BCUT2D eigenvalue weighted by Crippen LogP contribution is 2.26. The van der Waals surface area contributed by atoms with Gasteiger partial charge in [-0.1, -0.05) is 46.6 Å². The van der Waals surface area contributed by atoms with E-state index in [1.807, 2.05) is 0 Å². The molecule has 0 spiro atoms. The lowest BCUT2D eigenvalue weighted by Gasteiger charge is -2.26. The van der Waals surface area contributed by atoms with Crippen LogP contribution in [0.1, 0.15) is 19.3 Å². The van der Waals surface area contributed by atoms with Crippen LogP contribution in [0.15, 0.2) is 59.2 Å². The summed E-state index contributed by atoms with van der Waals surface area (Å²) >= 11 is 3.51. The fourth-order valence-corrected chi connectivity index (χ4v) is 4.41. The van der Waals surface area contributed by atoms with Gasteiger partial charge in [0.15, 0.2) is 0 Å². The lowest BCUT2D eigenvalue weighted by atomic mass is 10.1. The zero-order valence-corrected chi connectivity index (χ0v) is 19.3. The van der Waals surface area contributed by atoms with E-state index < -0.39 is 0 Å². The molecule has 7 heteroatoms. The summed E-state index contributed by atoms with van der Waals surface area (Å²) in [5.74, 6) is 1.03. The predicted octanol–water partition coefficient (Wildman–Crippen LogP) is 6.05. The average molecular weight is 496 g/mol. The standard InChI is InChI=1S/C22H23BrN4.2ClH/c23-18-10-8-17(9-11-18)19-16-27-21-7-3-2-6-20(21)26(22(27)24-19)15-14-25-12-4-1-5-13-25;;/h2-3,6-11,16H,1,4-5,12-15H2;2*1H. The zero-order chi connectivity index (χ0) is 18.2. The van der Waals surface area contributed by atoms with E-state index >= 15 is 0 Å². The number of piperidine rings is 1. The van der Waals surface area contributed by atoms with Gasteiger partial charge in [-0.05, 0) is 50.2 Å². The van der Waals surface area contributed by atoms with Crippen molar-refractivity contribution < 1.29 is 0 Å².